The molecule has 0 amide bonds. The van der Waals surface area contributed by atoms with Crippen LogP contribution in [0.5, 0.6) is 0 Å². The molecule has 2 aliphatic heterocycles. The zero-order chi connectivity index (χ0) is 16.2. The van der Waals surface area contributed by atoms with E-state index in [-0.39, 0.29) is 5.41 Å². The van der Waals surface area contributed by atoms with E-state index < -0.39 is 0 Å². The van der Waals surface area contributed by atoms with Gasteiger partial charge in [-0.1, -0.05) is 32.0 Å². The third-order valence-corrected chi connectivity index (χ3v) is 6.08. The highest BCUT2D eigenvalue weighted by atomic mass is 15.2. The number of hydrogen-bond donors (Lipinski definition) is 0. The third kappa shape index (κ3) is 1.73. The molecule has 0 bridgehead atoms. The molecule has 0 aliphatic carbocycles. The molecule has 0 unspecified atom stereocenters. The van der Waals surface area contributed by atoms with Crippen LogP contribution in [0.3, 0.4) is 0 Å². The van der Waals surface area contributed by atoms with Gasteiger partial charge in [0.05, 0.1) is 11.6 Å². The molecule has 1 aromatic heterocycles. The van der Waals surface area contributed by atoms with Crippen molar-refractivity contribution in [2.75, 3.05) is 13.6 Å². The minimum atomic E-state index is 0.0549. The molecular formula is C20H23N3. The van der Waals surface area contributed by atoms with Crippen molar-refractivity contribution in [2.24, 2.45) is 5.41 Å². The summed E-state index contributed by atoms with van der Waals surface area (Å²) in [5, 5.41) is 11.1. The van der Waals surface area contributed by atoms with E-state index in [2.05, 4.69) is 66.8 Å². The number of hydrogen-bond acceptors (Lipinski definition) is 2. The fourth-order valence-corrected chi connectivity index (χ4v) is 4.81. The summed E-state index contributed by atoms with van der Waals surface area (Å²) in [7, 11) is 2.24. The second kappa shape index (κ2) is 4.97. The van der Waals surface area contributed by atoms with Crippen molar-refractivity contribution >= 4 is 16.6 Å². The van der Waals surface area contributed by atoms with Crippen molar-refractivity contribution in [1.82, 2.24) is 9.47 Å². The molecule has 3 nitrogen and oxygen atoms in total. The van der Waals surface area contributed by atoms with Crippen molar-refractivity contribution in [3.05, 3.63) is 41.6 Å². The lowest BCUT2D eigenvalue weighted by Crippen LogP contribution is -2.45. The standard InChI is InChI=1S/C20H23N3/c1-4-20(5-2)12-14(13-21)23-17-9-7-6-8-15(17)16-10-11-22(3)19(20)18(16)23/h6-9,12,19H,4-5,10-11H2,1-3H3/t19-/m1/s1. The van der Waals surface area contributed by atoms with E-state index in [1.165, 1.54) is 22.2 Å². The molecular weight excluding hydrogens is 282 g/mol. The van der Waals surface area contributed by atoms with E-state index in [4.69, 9.17) is 0 Å². The van der Waals surface area contributed by atoms with Crippen LogP contribution in [0.25, 0.3) is 16.6 Å². The number of benzene rings is 1. The van der Waals surface area contributed by atoms with Gasteiger partial charge in [-0.05, 0) is 44.0 Å². The van der Waals surface area contributed by atoms with Gasteiger partial charge in [0.2, 0.25) is 0 Å². The molecule has 0 radical (unpaired) electrons. The molecule has 23 heavy (non-hydrogen) atoms. The SMILES string of the molecule is CCC1(CC)C=C(C#N)n2c3c(c4ccccc42)CCN(C)[C@H]31. The molecule has 0 saturated carbocycles. The van der Waals surface area contributed by atoms with Gasteiger partial charge in [-0.2, -0.15) is 5.26 Å². The topological polar surface area (TPSA) is 32.0 Å². The van der Waals surface area contributed by atoms with Crippen LogP contribution in [0.4, 0.5) is 0 Å². The van der Waals surface area contributed by atoms with Crippen LogP contribution in [-0.2, 0) is 6.42 Å². The average molecular weight is 305 g/mol. The first-order chi connectivity index (χ1) is 11.2. The van der Waals surface area contributed by atoms with Gasteiger partial charge in [-0.25, -0.2) is 0 Å². The second-order valence-corrected chi connectivity index (χ2v) is 6.93. The summed E-state index contributed by atoms with van der Waals surface area (Å²) in [6, 6.07) is 11.4. The Morgan fingerprint density at radius 1 is 1.26 bits per heavy atom. The first-order valence-electron chi connectivity index (χ1n) is 8.62. The van der Waals surface area contributed by atoms with Crippen LogP contribution in [0.1, 0.15) is 44.0 Å². The highest BCUT2D eigenvalue weighted by molar-refractivity contribution is 5.91. The Balaban J connectivity index is 2.14. The lowest BCUT2D eigenvalue weighted by molar-refractivity contribution is 0.0943. The molecule has 4 rings (SSSR count). The molecule has 118 valence electrons. The summed E-state index contributed by atoms with van der Waals surface area (Å²) in [5.41, 5.74) is 4.86. The minimum absolute atomic E-state index is 0.0549. The smallest absolute Gasteiger partial charge is 0.121 e. The minimum Gasteiger partial charge on any atom is -0.303 e. The van der Waals surface area contributed by atoms with Gasteiger partial charge in [0.25, 0.3) is 0 Å². The maximum atomic E-state index is 9.82. The van der Waals surface area contributed by atoms with Crippen LogP contribution in [0.15, 0.2) is 30.3 Å². The number of nitrogens with zero attached hydrogens (tertiary/aromatic N) is 3. The summed E-state index contributed by atoms with van der Waals surface area (Å²) in [4.78, 5) is 2.50. The Kier molecular flexibility index (Phi) is 3.14. The average Bonchev–Trinajstić information content (AvgIpc) is 2.93. The van der Waals surface area contributed by atoms with Crippen LogP contribution in [0, 0.1) is 16.7 Å². The van der Waals surface area contributed by atoms with Gasteiger partial charge >= 0.3 is 0 Å². The van der Waals surface area contributed by atoms with E-state index in [1.54, 1.807) is 0 Å². The summed E-state index contributed by atoms with van der Waals surface area (Å²) in [6.45, 7) is 5.61. The highest BCUT2D eigenvalue weighted by Crippen LogP contribution is 2.53. The Morgan fingerprint density at radius 2 is 2.00 bits per heavy atom. The van der Waals surface area contributed by atoms with Crippen molar-refractivity contribution in [3.8, 4) is 6.07 Å². The maximum absolute atomic E-state index is 9.82. The largest absolute Gasteiger partial charge is 0.303 e. The van der Waals surface area contributed by atoms with Gasteiger partial charge in [-0.15, -0.1) is 0 Å². The van der Waals surface area contributed by atoms with Gasteiger partial charge in [0, 0.05) is 23.0 Å². The Labute approximate surface area is 137 Å². The predicted octanol–water partition coefficient (Wildman–Crippen LogP) is 4.35. The van der Waals surface area contributed by atoms with Crippen LogP contribution >= 0.6 is 0 Å². The van der Waals surface area contributed by atoms with E-state index in [1.807, 2.05) is 0 Å². The Morgan fingerprint density at radius 3 is 2.70 bits per heavy atom. The first kappa shape index (κ1) is 14.5. The summed E-state index contributed by atoms with van der Waals surface area (Å²) < 4.78 is 2.23. The normalized spacial score (nSPS) is 22.5. The summed E-state index contributed by atoms with van der Waals surface area (Å²) >= 11 is 0. The van der Waals surface area contributed by atoms with E-state index in [0.29, 0.717) is 6.04 Å². The Bertz CT molecular complexity index is 846. The summed E-state index contributed by atoms with van der Waals surface area (Å²) in [6.07, 6.45) is 5.44. The van der Waals surface area contributed by atoms with Crippen molar-refractivity contribution in [1.29, 1.82) is 5.26 Å². The highest BCUT2D eigenvalue weighted by Gasteiger charge is 2.46. The van der Waals surface area contributed by atoms with E-state index >= 15 is 0 Å². The number of fused-ring (bicyclic) bond motifs is 3. The molecule has 1 aromatic carbocycles. The van der Waals surface area contributed by atoms with Gasteiger partial charge in [0.1, 0.15) is 11.8 Å². The molecule has 3 heterocycles. The number of nitriles is 1. The van der Waals surface area contributed by atoms with Gasteiger partial charge in [0.15, 0.2) is 0 Å². The molecule has 1 atom stereocenters. The molecule has 0 N–H and O–H groups in total. The monoisotopic (exact) mass is 305 g/mol. The first-order valence-corrected chi connectivity index (χ1v) is 8.62. The van der Waals surface area contributed by atoms with Crippen LogP contribution < -0.4 is 0 Å². The fourth-order valence-electron chi connectivity index (χ4n) is 4.81. The lowest BCUT2D eigenvalue weighted by Gasteiger charge is -2.48. The molecule has 0 saturated heterocycles. The van der Waals surface area contributed by atoms with Crippen LogP contribution in [0.2, 0.25) is 0 Å². The maximum Gasteiger partial charge on any atom is 0.121 e. The molecule has 2 aliphatic rings. The fraction of sp³-hybridized carbons (Fsp3) is 0.450. The predicted molar refractivity (Wildman–Crippen MR) is 93.9 cm³/mol. The van der Waals surface area contributed by atoms with Gasteiger partial charge in [-0.3, -0.25) is 4.90 Å². The van der Waals surface area contributed by atoms with Crippen molar-refractivity contribution in [2.45, 2.75) is 39.2 Å². The number of aromatic nitrogens is 1. The van der Waals surface area contributed by atoms with Crippen molar-refractivity contribution < 1.29 is 0 Å². The quantitative estimate of drug-likeness (QED) is 0.826. The molecule has 3 heteroatoms. The number of likely N-dealkylation sites (N-methyl/N-ethyl adjacent to an activating group) is 1. The van der Waals surface area contributed by atoms with Crippen molar-refractivity contribution in [3.63, 3.8) is 0 Å². The number of rotatable bonds is 2. The molecule has 0 fully saturated rings. The lowest BCUT2D eigenvalue weighted by atomic mass is 9.69. The second-order valence-electron chi connectivity index (χ2n) is 6.93. The zero-order valence-electron chi connectivity index (χ0n) is 14.1. The van der Waals surface area contributed by atoms with E-state index in [9.17, 15) is 5.26 Å². The Hall–Kier alpha value is -2.05. The van der Waals surface area contributed by atoms with E-state index in [0.717, 1.165) is 31.5 Å². The molecule has 2 aromatic rings. The third-order valence-electron chi connectivity index (χ3n) is 6.08. The van der Waals surface area contributed by atoms with Crippen LogP contribution in [-0.4, -0.2) is 23.1 Å². The number of para-hydroxylation sites is 1. The number of allylic oxidation sites excluding steroid dienone is 1. The van der Waals surface area contributed by atoms with Gasteiger partial charge < -0.3 is 4.57 Å². The zero-order valence-corrected chi connectivity index (χ0v) is 14.1. The summed E-state index contributed by atoms with van der Waals surface area (Å²) in [5.74, 6) is 0. The molecule has 0 spiro atoms.